The van der Waals surface area contributed by atoms with Crippen molar-refractivity contribution in [3.63, 3.8) is 0 Å². The lowest BCUT2D eigenvalue weighted by atomic mass is 9.89. The van der Waals surface area contributed by atoms with Crippen LogP contribution in [0.1, 0.15) is 37.0 Å². The van der Waals surface area contributed by atoms with E-state index in [1.165, 1.54) is 6.07 Å². The Bertz CT molecular complexity index is 384. The Labute approximate surface area is 95.1 Å². The molecule has 0 aromatic heterocycles. The second kappa shape index (κ2) is 4.15. The maximum absolute atomic E-state index is 13.1. The van der Waals surface area contributed by atoms with Crippen molar-refractivity contribution in [3.05, 3.63) is 35.1 Å². The van der Waals surface area contributed by atoms with Gasteiger partial charge in [0.2, 0.25) is 0 Å². The van der Waals surface area contributed by atoms with E-state index in [0.29, 0.717) is 12.2 Å². The van der Waals surface area contributed by atoms with Crippen molar-refractivity contribution in [3.8, 4) is 0 Å². The van der Waals surface area contributed by atoms with Crippen molar-refractivity contribution in [2.45, 2.75) is 38.4 Å². The van der Waals surface area contributed by atoms with E-state index in [4.69, 9.17) is 4.74 Å². The third-order valence-electron chi connectivity index (χ3n) is 3.33. The van der Waals surface area contributed by atoms with Gasteiger partial charge in [-0.3, -0.25) is 0 Å². The first-order chi connectivity index (χ1) is 7.53. The van der Waals surface area contributed by atoms with Gasteiger partial charge < -0.3 is 9.84 Å². The van der Waals surface area contributed by atoms with E-state index in [-0.39, 0.29) is 5.82 Å². The fourth-order valence-electron chi connectivity index (χ4n) is 2.21. The summed E-state index contributed by atoms with van der Waals surface area (Å²) in [5, 5.41) is 10.2. The number of rotatable bonds is 2. The molecule has 0 amide bonds. The van der Waals surface area contributed by atoms with Crippen LogP contribution in [-0.4, -0.2) is 17.3 Å². The number of ether oxygens (including phenoxy) is 1. The van der Waals surface area contributed by atoms with Gasteiger partial charge in [-0.2, -0.15) is 0 Å². The quantitative estimate of drug-likeness (QED) is 0.837. The van der Waals surface area contributed by atoms with E-state index in [9.17, 15) is 9.50 Å². The van der Waals surface area contributed by atoms with Crippen molar-refractivity contribution in [1.82, 2.24) is 0 Å². The Balaban J connectivity index is 2.26. The fraction of sp³-hybridized carbons (Fsp3) is 0.538. The van der Waals surface area contributed by atoms with E-state index in [0.717, 1.165) is 18.4 Å². The summed E-state index contributed by atoms with van der Waals surface area (Å²) in [4.78, 5) is 0. The molecule has 2 rings (SSSR count). The van der Waals surface area contributed by atoms with E-state index < -0.39 is 11.7 Å². The summed E-state index contributed by atoms with van der Waals surface area (Å²) >= 11 is 0. The van der Waals surface area contributed by atoms with E-state index in [1.54, 1.807) is 19.1 Å². The molecule has 1 fully saturated rings. The van der Waals surface area contributed by atoms with Crippen molar-refractivity contribution in [2.24, 2.45) is 0 Å². The monoisotopic (exact) mass is 224 g/mol. The van der Waals surface area contributed by atoms with Crippen molar-refractivity contribution >= 4 is 0 Å². The van der Waals surface area contributed by atoms with E-state index in [1.807, 2.05) is 6.92 Å². The molecule has 1 aliphatic rings. The molecule has 2 nitrogen and oxygen atoms in total. The van der Waals surface area contributed by atoms with Gasteiger partial charge in [0, 0.05) is 6.61 Å². The highest BCUT2D eigenvalue weighted by Gasteiger charge is 2.38. The average molecular weight is 224 g/mol. The lowest BCUT2D eigenvalue weighted by Crippen LogP contribution is -2.31. The van der Waals surface area contributed by atoms with Crippen LogP contribution < -0.4 is 0 Å². The summed E-state index contributed by atoms with van der Waals surface area (Å²) in [7, 11) is 0. The highest BCUT2D eigenvalue weighted by molar-refractivity contribution is 5.27. The number of halogens is 1. The van der Waals surface area contributed by atoms with Crippen molar-refractivity contribution < 1.29 is 14.2 Å². The van der Waals surface area contributed by atoms with Crippen LogP contribution in [-0.2, 0) is 4.74 Å². The Kier molecular flexibility index (Phi) is 3.00. The van der Waals surface area contributed by atoms with Crippen LogP contribution in [0.2, 0.25) is 0 Å². The maximum Gasteiger partial charge on any atom is 0.126 e. The molecule has 3 heteroatoms. The van der Waals surface area contributed by atoms with Gasteiger partial charge in [0.15, 0.2) is 0 Å². The Hall–Kier alpha value is -0.930. The number of aliphatic hydroxyl groups excluding tert-OH is 1. The molecular weight excluding hydrogens is 207 g/mol. The minimum absolute atomic E-state index is 0.242. The molecule has 1 saturated heterocycles. The number of hydrogen-bond donors (Lipinski definition) is 1. The zero-order valence-corrected chi connectivity index (χ0v) is 9.66. The molecule has 2 atom stereocenters. The van der Waals surface area contributed by atoms with Gasteiger partial charge >= 0.3 is 0 Å². The SMILES string of the molecule is Cc1cc(C(O)C2(C)CCCO2)ccc1F. The van der Waals surface area contributed by atoms with Crippen LogP contribution in [0.25, 0.3) is 0 Å². The first-order valence-corrected chi connectivity index (χ1v) is 5.61. The predicted molar refractivity (Wildman–Crippen MR) is 59.7 cm³/mol. The molecule has 1 heterocycles. The highest BCUT2D eigenvalue weighted by atomic mass is 19.1. The lowest BCUT2D eigenvalue weighted by molar-refractivity contribution is -0.0796. The largest absolute Gasteiger partial charge is 0.385 e. The first-order valence-electron chi connectivity index (χ1n) is 5.61. The van der Waals surface area contributed by atoms with Crippen molar-refractivity contribution in [1.29, 1.82) is 0 Å². The van der Waals surface area contributed by atoms with Crippen molar-refractivity contribution in [2.75, 3.05) is 6.61 Å². The van der Waals surface area contributed by atoms with Gasteiger partial charge in [-0.15, -0.1) is 0 Å². The maximum atomic E-state index is 13.1. The van der Waals surface area contributed by atoms with Crippen LogP contribution in [0, 0.1) is 12.7 Å². The molecular formula is C13H17FO2. The molecule has 0 bridgehead atoms. The van der Waals surface area contributed by atoms with Crippen LogP contribution >= 0.6 is 0 Å². The van der Waals surface area contributed by atoms with Crippen LogP contribution in [0.3, 0.4) is 0 Å². The molecule has 0 spiro atoms. The summed E-state index contributed by atoms with van der Waals surface area (Å²) in [5.74, 6) is -0.242. The zero-order chi connectivity index (χ0) is 11.8. The molecule has 1 aliphatic heterocycles. The molecule has 0 saturated carbocycles. The Morgan fingerprint density at radius 1 is 1.50 bits per heavy atom. The normalized spacial score (nSPS) is 27.0. The summed E-state index contributed by atoms with van der Waals surface area (Å²) < 4.78 is 18.7. The van der Waals surface area contributed by atoms with Gasteiger partial charge in [-0.05, 0) is 43.9 Å². The zero-order valence-electron chi connectivity index (χ0n) is 9.66. The van der Waals surface area contributed by atoms with Crippen LogP contribution in [0.5, 0.6) is 0 Å². The fourth-order valence-corrected chi connectivity index (χ4v) is 2.21. The molecule has 0 aliphatic carbocycles. The Morgan fingerprint density at radius 2 is 2.25 bits per heavy atom. The number of aliphatic hydroxyl groups is 1. The number of hydrogen-bond acceptors (Lipinski definition) is 2. The van der Waals surface area contributed by atoms with Gasteiger partial charge in [-0.25, -0.2) is 4.39 Å². The molecule has 1 aromatic carbocycles. The van der Waals surface area contributed by atoms with Gasteiger partial charge in [0.1, 0.15) is 11.9 Å². The highest BCUT2D eigenvalue weighted by Crippen LogP contribution is 2.37. The topological polar surface area (TPSA) is 29.5 Å². The average Bonchev–Trinajstić information content (AvgIpc) is 2.70. The molecule has 1 aromatic rings. The lowest BCUT2D eigenvalue weighted by Gasteiger charge is -2.29. The summed E-state index contributed by atoms with van der Waals surface area (Å²) in [6, 6.07) is 4.71. The summed E-state index contributed by atoms with van der Waals surface area (Å²) in [6.07, 6.45) is 1.12. The smallest absolute Gasteiger partial charge is 0.126 e. The predicted octanol–water partition coefficient (Wildman–Crippen LogP) is 2.74. The van der Waals surface area contributed by atoms with Crippen LogP contribution in [0.4, 0.5) is 4.39 Å². The number of aryl methyl sites for hydroxylation is 1. The van der Waals surface area contributed by atoms with Crippen LogP contribution in [0.15, 0.2) is 18.2 Å². The molecule has 1 N–H and O–H groups in total. The molecule has 2 unspecified atom stereocenters. The standard InChI is InChI=1S/C13H17FO2/c1-9-8-10(4-5-11(9)14)12(15)13(2)6-3-7-16-13/h4-5,8,12,15H,3,6-7H2,1-2H3. The Morgan fingerprint density at radius 3 is 2.81 bits per heavy atom. The first kappa shape index (κ1) is 11.6. The minimum Gasteiger partial charge on any atom is -0.385 e. The molecule has 88 valence electrons. The third kappa shape index (κ3) is 1.97. The van der Waals surface area contributed by atoms with E-state index in [2.05, 4.69) is 0 Å². The van der Waals surface area contributed by atoms with E-state index >= 15 is 0 Å². The molecule has 16 heavy (non-hydrogen) atoms. The van der Waals surface area contributed by atoms with Gasteiger partial charge in [0.25, 0.3) is 0 Å². The summed E-state index contributed by atoms with van der Waals surface area (Å²) in [5.41, 5.74) is 0.756. The summed E-state index contributed by atoms with van der Waals surface area (Å²) in [6.45, 7) is 4.29. The van der Waals surface area contributed by atoms with Gasteiger partial charge in [0.05, 0.1) is 5.60 Å². The second-order valence-electron chi connectivity index (χ2n) is 4.68. The number of benzene rings is 1. The van der Waals surface area contributed by atoms with Gasteiger partial charge in [-0.1, -0.05) is 12.1 Å². The third-order valence-corrected chi connectivity index (χ3v) is 3.33. The second-order valence-corrected chi connectivity index (χ2v) is 4.68. The molecule has 0 radical (unpaired) electrons. The minimum atomic E-state index is -0.686.